The van der Waals surface area contributed by atoms with Gasteiger partial charge in [-0.15, -0.1) is 14.8 Å². The van der Waals surface area contributed by atoms with Gasteiger partial charge in [0.15, 0.2) is 5.82 Å². The number of ether oxygens (including phenoxy) is 1. The first-order valence-electron chi connectivity index (χ1n) is 9.40. The smallest absolute Gasteiger partial charge is 0.253 e. The van der Waals surface area contributed by atoms with Crippen molar-refractivity contribution in [2.24, 2.45) is 0 Å². The van der Waals surface area contributed by atoms with E-state index in [9.17, 15) is 4.79 Å². The molecule has 0 aliphatic carbocycles. The minimum atomic E-state index is 0.0287. The SMILES string of the molecule is COc1ccc(C(=O)N2CCN(c3nn4nnnc4c4ccccc34)CC2)cc1. The lowest BCUT2D eigenvalue weighted by Crippen LogP contribution is -2.49. The summed E-state index contributed by atoms with van der Waals surface area (Å²) in [6.45, 7) is 2.61. The lowest BCUT2D eigenvalue weighted by molar-refractivity contribution is 0.0746. The molecule has 0 N–H and O–H groups in total. The molecule has 4 aromatic rings. The predicted octanol–water partition coefficient (Wildman–Crippen LogP) is 1.64. The fourth-order valence-corrected chi connectivity index (χ4v) is 3.70. The number of methoxy groups -OCH3 is 1. The molecule has 1 aliphatic heterocycles. The summed E-state index contributed by atoms with van der Waals surface area (Å²) < 4.78 is 6.63. The minimum absolute atomic E-state index is 0.0287. The zero-order chi connectivity index (χ0) is 19.8. The van der Waals surface area contributed by atoms with Gasteiger partial charge in [0, 0.05) is 42.5 Å². The van der Waals surface area contributed by atoms with Crippen molar-refractivity contribution in [3.8, 4) is 5.75 Å². The molecule has 0 spiro atoms. The summed E-state index contributed by atoms with van der Waals surface area (Å²) in [5.74, 6) is 1.60. The second kappa shape index (κ2) is 7.01. The fraction of sp³-hybridized carbons (Fsp3) is 0.250. The van der Waals surface area contributed by atoms with Gasteiger partial charge in [-0.25, -0.2) is 0 Å². The number of hydrogen-bond donors (Lipinski definition) is 0. The third-order valence-corrected chi connectivity index (χ3v) is 5.26. The summed E-state index contributed by atoms with van der Waals surface area (Å²) in [5.41, 5.74) is 1.30. The van der Waals surface area contributed by atoms with Crippen LogP contribution in [0.4, 0.5) is 5.82 Å². The lowest BCUT2D eigenvalue weighted by Gasteiger charge is -2.35. The molecule has 0 atom stereocenters. The Bertz CT molecular complexity index is 1180. The summed E-state index contributed by atoms with van der Waals surface area (Å²) in [6, 6.07) is 15.2. The highest BCUT2D eigenvalue weighted by Crippen LogP contribution is 2.27. The van der Waals surface area contributed by atoms with Crippen LogP contribution in [0.2, 0.25) is 0 Å². The van der Waals surface area contributed by atoms with Gasteiger partial charge in [-0.3, -0.25) is 4.79 Å². The van der Waals surface area contributed by atoms with Gasteiger partial charge in [-0.05, 0) is 34.7 Å². The van der Waals surface area contributed by atoms with Crippen molar-refractivity contribution in [1.29, 1.82) is 0 Å². The average Bonchev–Trinajstić information content (AvgIpc) is 3.27. The first kappa shape index (κ1) is 17.4. The van der Waals surface area contributed by atoms with Gasteiger partial charge in [0.2, 0.25) is 5.65 Å². The molecule has 3 heterocycles. The summed E-state index contributed by atoms with van der Waals surface area (Å²) in [7, 11) is 1.61. The van der Waals surface area contributed by atoms with Crippen LogP contribution < -0.4 is 9.64 Å². The molecule has 0 saturated carbocycles. The molecule has 9 heteroatoms. The van der Waals surface area contributed by atoms with Crippen LogP contribution in [0.1, 0.15) is 10.4 Å². The van der Waals surface area contributed by atoms with Gasteiger partial charge in [0.25, 0.3) is 5.91 Å². The normalized spacial score (nSPS) is 14.5. The summed E-state index contributed by atoms with van der Waals surface area (Å²) >= 11 is 0. The molecular weight excluding hydrogens is 370 g/mol. The Morgan fingerprint density at radius 2 is 1.69 bits per heavy atom. The third-order valence-electron chi connectivity index (χ3n) is 5.26. The maximum absolute atomic E-state index is 12.8. The molecule has 1 saturated heterocycles. The summed E-state index contributed by atoms with van der Waals surface area (Å²) in [5, 5.41) is 18.4. The van der Waals surface area contributed by atoms with Gasteiger partial charge in [0.1, 0.15) is 5.75 Å². The minimum Gasteiger partial charge on any atom is -0.497 e. The van der Waals surface area contributed by atoms with E-state index in [0.717, 1.165) is 22.3 Å². The Morgan fingerprint density at radius 1 is 0.966 bits per heavy atom. The number of amides is 1. The highest BCUT2D eigenvalue weighted by atomic mass is 16.5. The lowest BCUT2D eigenvalue weighted by atomic mass is 10.1. The van der Waals surface area contributed by atoms with Crippen molar-refractivity contribution in [1.82, 2.24) is 30.2 Å². The molecule has 29 heavy (non-hydrogen) atoms. The summed E-state index contributed by atoms with van der Waals surface area (Å²) in [6.07, 6.45) is 0. The van der Waals surface area contributed by atoms with Crippen LogP contribution in [0.5, 0.6) is 5.75 Å². The standard InChI is InChI=1S/C20H19N7O2/c1-29-15-8-6-14(7-9-15)20(28)26-12-10-25(11-13-26)19-17-5-3-2-4-16(17)18-21-23-24-27(18)22-19/h2-9H,10-13H2,1H3. The van der Waals surface area contributed by atoms with E-state index in [1.807, 2.05) is 29.2 Å². The van der Waals surface area contributed by atoms with Crippen LogP contribution in [0.25, 0.3) is 16.4 Å². The van der Waals surface area contributed by atoms with Crippen LogP contribution in [-0.4, -0.2) is 69.4 Å². The van der Waals surface area contributed by atoms with Crippen molar-refractivity contribution < 1.29 is 9.53 Å². The molecule has 1 amide bonds. The van der Waals surface area contributed by atoms with Crippen LogP contribution in [0.3, 0.4) is 0 Å². The van der Waals surface area contributed by atoms with Crippen molar-refractivity contribution in [3.63, 3.8) is 0 Å². The average molecular weight is 389 g/mol. The number of nitrogens with zero attached hydrogens (tertiary/aromatic N) is 7. The molecule has 5 rings (SSSR count). The van der Waals surface area contributed by atoms with Crippen molar-refractivity contribution in [3.05, 3.63) is 54.1 Å². The molecule has 0 bridgehead atoms. The van der Waals surface area contributed by atoms with Crippen LogP contribution >= 0.6 is 0 Å². The van der Waals surface area contributed by atoms with E-state index in [1.54, 1.807) is 31.4 Å². The third kappa shape index (κ3) is 3.00. The number of fused-ring (bicyclic) bond motifs is 3. The molecule has 0 radical (unpaired) electrons. The zero-order valence-corrected chi connectivity index (χ0v) is 15.9. The van der Waals surface area contributed by atoms with Crippen molar-refractivity contribution in [2.75, 3.05) is 38.2 Å². The first-order valence-corrected chi connectivity index (χ1v) is 9.40. The molecule has 1 aliphatic rings. The molecule has 2 aromatic heterocycles. The van der Waals surface area contributed by atoms with Crippen LogP contribution in [0.15, 0.2) is 48.5 Å². The molecule has 9 nitrogen and oxygen atoms in total. The maximum atomic E-state index is 12.8. The second-order valence-electron chi connectivity index (χ2n) is 6.87. The zero-order valence-electron chi connectivity index (χ0n) is 15.9. The maximum Gasteiger partial charge on any atom is 0.253 e. The molecule has 146 valence electrons. The van der Waals surface area contributed by atoms with E-state index in [2.05, 4.69) is 25.5 Å². The number of aromatic nitrogens is 5. The summed E-state index contributed by atoms with van der Waals surface area (Å²) in [4.78, 5) is 16.9. The van der Waals surface area contributed by atoms with Gasteiger partial charge in [-0.2, -0.15) is 0 Å². The quantitative estimate of drug-likeness (QED) is 0.526. The van der Waals surface area contributed by atoms with Gasteiger partial charge < -0.3 is 14.5 Å². The number of rotatable bonds is 3. The number of hydrogen-bond acceptors (Lipinski definition) is 7. The van der Waals surface area contributed by atoms with E-state index in [1.165, 1.54) is 4.63 Å². The Kier molecular flexibility index (Phi) is 4.19. The van der Waals surface area contributed by atoms with E-state index >= 15 is 0 Å². The predicted molar refractivity (Wildman–Crippen MR) is 107 cm³/mol. The highest BCUT2D eigenvalue weighted by Gasteiger charge is 2.25. The van der Waals surface area contributed by atoms with Gasteiger partial charge in [0.05, 0.1) is 7.11 Å². The first-order chi connectivity index (χ1) is 14.2. The number of piperazine rings is 1. The number of benzene rings is 2. The second-order valence-corrected chi connectivity index (χ2v) is 6.87. The van der Waals surface area contributed by atoms with E-state index < -0.39 is 0 Å². The Morgan fingerprint density at radius 3 is 2.41 bits per heavy atom. The van der Waals surface area contributed by atoms with Gasteiger partial charge >= 0.3 is 0 Å². The van der Waals surface area contributed by atoms with E-state index in [-0.39, 0.29) is 5.91 Å². The molecule has 1 fully saturated rings. The largest absolute Gasteiger partial charge is 0.497 e. The Hall–Kier alpha value is -3.75. The fourth-order valence-electron chi connectivity index (χ4n) is 3.70. The van der Waals surface area contributed by atoms with Crippen LogP contribution in [-0.2, 0) is 0 Å². The highest BCUT2D eigenvalue weighted by molar-refractivity contribution is 6.00. The van der Waals surface area contributed by atoms with Gasteiger partial charge in [-0.1, -0.05) is 24.3 Å². The molecular formula is C20H19N7O2. The van der Waals surface area contributed by atoms with E-state index in [0.29, 0.717) is 37.4 Å². The number of anilines is 1. The van der Waals surface area contributed by atoms with Crippen molar-refractivity contribution in [2.45, 2.75) is 0 Å². The topological polar surface area (TPSA) is 88.8 Å². The number of carbonyl (C=O) groups is 1. The Labute approximate surface area is 166 Å². The number of carbonyl (C=O) groups excluding carboxylic acids is 1. The molecule has 2 aromatic carbocycles. The molecule has 0 unspecified atom stereocenters. The van der Waals surface area contributed by atoms with Crippen LogP contribution in [0, 0.1) is 0 Å². The van der Waals surface area contributed by atoms with Crippen molar-refractivity contribution >= 4 is 28.1 Å². The number of tetrazole rings is 1. The monoisotopic (exact) mass is 389 g/mol. The van der Waals surface area contributed by atoms with E-state index in [4.69, 9.17) is 4.74 Å². The Balaban J connectivity index is 1.38.